The number of ether oxygens (including phenoxy) is 1. The van der Waals surface area contributed by atoms with Gasteiger partial charge in [0.1, 0.15) is 0 Å². The Hall–Kier alpha value is -1.66. The smallest absolute Gasteiger partial charge is 0.294 e. The highest BCUT2D eigenvalue weighted by molar-refractivity contribution is 14.1. The molecule has 1 aromatic rings. The number of rotatable bonds is 3. The summed E-state index contributed by atoms with van der Waals surface area (Å²) < 4.78 is 5.64. The number of thioether (sulfide) groups is 1. The van der Waals surface area contributed by atoms with Gasteiger partial charge in [0.2, 0.25) is 0 Å². The molecular weight excluding hydrogens is 405 g/mol. The van der Waals surface area contributed by atoms with E-state index in [1.165, 1.54) is 7.11 Å². The van der Waals surface area contributed by atoms with Crippen LogP contribution in [0.4, 0.5) is 4.79 Å². The fourth-order valence-electron chi connectivity index (χ4n) is 1.71. The molecule has 0 saturated carbocycles. The second-order valence-electron chi connectivity index (χ2n) is 4.03. The van der Waals surface area contributed by atoms with Crippen LogP contribution in [0.3, 0.4) is 0 Å². The average Bonchev–Trinajstić information content (AvgIpc) is 2.70. The predicted octanol–water partition coefficient (Wildman–Crippen LogP) is 2.67. The average molecular weight is 415 g/mol. The molecule has 1 fully saturated rings. The van der Waals surface area contributed by atoms with E-state index in [2.05, 4.69) is 5.92 Å². The van der Waals surface area contributed by atoms with Crippen molar-refractivity contribution in [3.63, 3.8) is 0 Å². The van der Waals surface area contributed by atoms with E-state index in [-0.39, 0.29) is 17.5 Å². The minimum Gasteiger partial charge on any atom is -0.504 e. The first-order valence-corrected chi connectivity index (χ1v) is 7.62. The number of methoxy groups -OCH3 is 1. The highest BCUT2D eigenvalue weighted by Gasteiger charge is 2.34. The van der Waals surface area contributed by atoms with Crippen molar-refractivity contribution in [2.24, 2.45) is 0 Å². The van der Waals surface area contributed by atoms with E-state index in [1.807, 2.05) is 22.6 Å². The second kappa shape index (κ2) is 6.41. The zero-order chi connectivity index (χ0) is 15.6. The van der Waals surface area contributed by atoms with E-state index in [0.717, 1.165) is 16.7 Å². The Morgan fingerprint density at radius 3 is 2.86 bits per heavy atom. The quantitative estimate of drug-likeness (QED) is 0.467. The zero-order valence-corrected chi connectivity index (χ0v) is 13.9. The first-order chi connectivity index (χ1) is 9.97. The SMILES string of the molecule is C#CCN1C(=O)S/C(=C/c2cc(I)c(O)c(OC)c2)C1=O. The van der Waals surface area contributed by atoms with E-state index in [1.54, 1.807) is 18.2 Å². The molecule has 1 aromatic carbocycles. The van der Waals surface area contributed by atoms with E-state index in [9.17, 15) is 14.7 Å². The van der Waals surface area contributed by atoms with Crippen molar-refractivity contribution in [3.05, 3.63) is 26.2 Å². The van der Waals surface area contributed by atoms with Crippen LogP contribution in [0.2, 0.25) is 0 Å². The van der Waals surface area contributed by atoms with Gasteiger partial charge < -0.3 is 9.84 Å². The fourth-order valence-corrected chi connectivity index (χ4v) is 3.18. The maximum Gasteiger partial charge on any atom is 0.294 e. The third-order valence-corrected chi connectivity index (χ3v) is 4.42. The van der Waals surface area contributed by atoms with Crippen LogP contribution in [-0.4, -0.2) is 34.8 Å². The summed E-state index contributed by atoms with van der Waals surface area (Å²) in [7, 11) is 1.44. The van der Waals surface area contributed by atoms with E-state index < -0.39 is 5.91 Å². The van der Waals surface area contributed by atoms with Crippen molar-refractivity contribution in [1.29, 1.82) is 0 Å². The number of terminal acetylenes is 1. The molecule has 2 rings (SSSR count). The molecule has 5 nitrogen and oxygen atoms in total. The molecule has 0 spiro atoms. The molecule has 1 saturated heterocycles. The first kappa shape index (κ1) is 15.7. The van der Waals surface area contributed by atoms with E-state index >= 15 is 0 Å². The number of phenolic OH excluding ortho intramolecular Hbond substituents is 1. The van der Waals surface area contributed by atoms with Gasteiger partial charge in [0.25, 0.3) is 11.1 Å². The monoisotopic (exact) mass is 415 g/mol. The molecule has 0 aromatic heterocycles. The van der Waals surface area contributed by atoms with Crippen LogP contribution < -0.4 is 4.74 Å². The lowest BCUT2D eigenvalue weighted by Gasteiger charge is -2.07. The number of aromatic hydroxyl groups is 1. The van der Waals surface area contributed by atoms with Gasteiger partial charge in [-0.2, -0.15) is 0 Å². The lowest BCUT2D eigenvalue weighted by molar-refractivity contribution is -0.122. The number of carbonyl (C=O) groups is 2. The summed E-state index contributed by atoms with van der Waals surface area (Å²) in [6.07, 6.45) is 6.71. The molecule has 1 aliphatic rings. The highest BCUT2D eigenvalue weighted by atomic mass is 127. The maximum atomic E-state index is 12.1. The van der Waals surface area contributed by atoms with E-state index in [0.29, 0.717) is 19.8 Å². The van der Waals surface area contributed by atoms with Gasteiger partial charge in [-0.15, -0.1) is 6.42 Å². The number of amides is 2. The summed E-state index contributed by atoms with van der Waals surface area (Å²) in [4.78, 5) is 25.0. The van der Waals surface area contributed by atoms with Crippen molar-refractivity contribution in [2.75, 3.05) is 13.7 Å². The van der Waals surface area contributed by atoms with Crippen molar-refractivity contribution >= 4 is 51.6 Å². The topological polar surface area (TPSA) is 66.8 Å². The zero-order valence-electron chi connectivity index (χ0n) is 10.9. The summed E-state index contributed by atoms with van der Waals surface area (Å²) >= 11 is 2.79. The number of phenols is 1. The molecule has 0 radical (unpaired) electrons. The molecule has 0 unspecified atom stereocenters. The fraction of sp³-hybridized carbons (Fsp3) is 0.143. The van der Waals surface area contributed by atoms with E-state index in [4.69, 9.17) is 11.2 Å². The number of halogens is 1. The first-order valence-electron chi connectivity index (χ1n) is 5.73. The lowest BCUT2D eigenvalue weighted by atomic mass is 10.2. The predicted molar refractivity (Wildman–Crippen MR) is 88.9 cm³/mol. The van der Waals surface area contributed by atoms with Crippen LogP contribution in [0.25, 0.3) is 6.08 Å². The Morgan fingerprint density at radius 2 is 2.24 bits per heavy atom. The van der Waals surface area contributed by atoms with Gasteiger partial charge in [0.15, 0.2) is 11.5 Å². The Bertz CT molecular complexity index is 693. The van der Waals surface area contributed by atoms with Crippen molar-refractivity contribution in [3.8, 4) is 23.8 Å². The lowest BCUT2D eigenvalue weighted by Crippen LogP contribution is -2.28. The number of carbonyl (C=O) groups excluding carboxylic acids is 2. The van der Waals surface area contributed by atoms with Crippen molar-refractivity contribution < 1.29 is 19.4 Å². The summed E-state index contributed by atoms with van der Waals surface area (Å²) in [6.45, 7) is -0.0432. The molecule has 21 heavy (non-hydrogen) atoms. The van der Waals surface area contributed by atoms with Crippen molar-refractivity contribution in [1.82, 2.24) is 4.90 Å². The van der Waals surface area contributed by atoms with Crippen LogP contribution in [0.5, 0.6) is 11.5 Å². The number of imide groups is 1. The number of hydrogen-bond acceptors (Lipinski definition) is 5. The van der Waals surface area contributed by atoms with Crippen molar-refractivity contribution in [2.45, 2.75) is 0 Å². The summed E-state index contributed by atoms with van der Waals surface area (Å²) in [5.41, 5.74) is 0.653. The number of hydrogen-bond donors (Lipinski definition) is 1. The van der Waals surface area contributed by atoms with Crippen LogP contribution in [0, 0.1) is 15.9 Å². The van der Waals surface area contributed by atoms with Gasteiger partial charge in [-0.25, -0.2) is 0 Å². The molecule has 2 amide bonds. The Balaban J connectivity index is 2.37. The number of nitrogens with zero attached hydrogens (tertiary/aromatic N) is 1. The molecule has 7 heteroatoms. The second-order valence-corrected chi connectivity index (χ2v) is 6.18. The van der Waals surface area contributed by atoms with Gasteiger partial charge in [0, 0.05) is 0 Å². The van der Waals surface area contributed by atoms with Crippen LogP contribution in [0.1, 0.15) is 5.56 Å². The molecule has 108 valence electrons. The minimum absolute atomic E-state index is 0.0377. The Morgan fingerprint density at radius 1 is 1.52 bits per heavy atom. The van der Waals surface area contributed by atoms with Crippen LogP contribution >= 0.6 is 34.4 Å². The van der Waals surface area contributed by atoms with Gasteiger partial charge >= 0.3 is 0 Å². The van der Waals surface area contributed by atoms with Gasteiger partial charge in [-0.3, -0.25) is 14.5 Å². The van der Waals surface area contributed by atoms with Gasteiger partial charge in [0.05, 0.1) is 22.1 Å². The molecular formula is C14H10INO4S. The minimum atomic E-state index is -0.412. The van der Waals surface area contributed by atoms with Gasteiger partial charge in [-0.1, -0.05) is 5.92 Å². The highest BCUT2D eigenvalue weighted by Crippen LogP contribution is 2.36. The van der Waals surface area contributed by atoms with Gasteiger partial charge in [-0.05, 0) is 58.1 Å². The molecule has 0 atom stereocenters. The van der Waals surface area contributed by atoms with Crippen LogP contribution in [-0.2, 0) is 4.79 Å². The largest absolute Gasteiger partial charge is 0.504 e. The maximum absolute atomic E-state index is 12.1. The third-order valence-electron chi connectivity index (χ3n) is 2.69. The van der Waals surface area contributed by atoms with Crippen LogP contribution in [0.15, 0.2) is 17.0 Å². The summed E-state index contributed by atoms with van der Waals surface area (Å²) in [5, 5.41) is 9.39. The summed E-state index contributed by atoms with van der Waals surface area (Å²) in [5.74, 6) is 2.21. The third kappa shape index (κ3) is 3.16. The molecule has 1 aliphatic heterocycles. The normalized spacial score (nSPS) is 16.4. The molecule has 0 aliphatic carbocycles. The Kier molecular flexibility index (Phi) is 4.80. The standard InChI is InChI=1S/C14H10INO4S/c1-3-4-16-13(18)11(21-14(16)19)7-8-5-9(15)12(17)10(6-8)20-2/h1,5-7,17H,4H2,2H3/b11-7+. The molecule has 0 bridgehead atoms. The number of benzene rings is 1. The Labute approximate surface area is 139 Å². The molecule has 1 N–H and O–H groups in total. The molecule has 1 heterocycles. The summed E-state index contributed by atoms with van der Waals surface area (Å²) in [6, 6.07) is 3.28.